The molecule has 0 amide bonds. The molecular weight excluding hydrogens is 143 g/mol. The maximum absolute atomic E-state index is 8.85. The Kier molecular flexibility index (Phi) is 2.31. The molecule has 4 nitrogen and oxygen atoms in total. The van der Waals surface area contributed by atoms with Crippen LogP contribution in [0.3, 0.4) is 0 Å². The zero-order chi connectivity index (χ0) is 8.43. The summed E-state index contributed by atoms with van der Waals surface area (Å²) >= 11 is 0. The van der Waals surface area contributed by atoms with Gasteiger partial charge in [0.25, 0.3) is 0 Å². The van der Waals surface area contributed by atoms with Crippen LogP contribution in [0.1, 0.15) is 12.6 Å². The van der Waals surface area contributed by atoms with Crippen LogP contribution in [0.2, 0.25) is 0 Å². The van der Waals surface area contributed by atoms with Crippen molar-refractivity contribution < 1.29 is 10.0 Å². The zero-order valence-corrected chi connectivity index (χ0v) is 6.65. The van der Waals surface area contributed by atoms with E-state index in [4.69, 9.17) is 10.0 Å². The SMILES string of the molecule is CCc1nn(C)cc1B(O)O. The van der Waals surface area contributed by atoms with Crippen molar-refractivity contribution in [3.8, 4) is 0 Å². The van der Waals surface area contributed by atoms with E-state index in [0.717, 1.165) is 5.69 Å². The summed E-state index contributed by atoms with van der Waals surface area (Å²) in [6.07, 6.45) is 2.33. The van der Waals surface area contributed by atoms with Gasteiger partial charge < -0.3 is 10.0 Å². The van der Waals surface area contributed by atoms with Crippen LogP contribution in [0.4, 0.5) is 0 Å². The highest BCUT2D eigenvalue weighted by molar-refractivity contribution is 6.59. The van der Waals surface area contributed by atoms with Crippen LogP contribution in [0.15, 0.2) is 6.20 Å². The lowest BCUT2D eigenvalue weighted by Crippen LogP contribution is -2.31. The fraction of sp³-hybridized carbons (Fsp3) is 0.500. The molecule has 0 atom stereocenters. The van der Waals surface area contributed by atoms with E-state index in [1.54, 1.807) is 17.9 Å². The highest BCUT2D eigenvalue weighted by Crippen LogP contribution is 1.92. The van der Waals surface area contributed by atoms with Crippen molar-refractivity contribution in [2.45, 2.75) is 13.3 Å². The van der Waals surface area contributed by atoms with Gasteiger partial charge in [-0.1, -0.05) is 6.92 Å². The number of nitrogens with zero attached hydrogens (tertiary/aromatic N) is 2. The summed E-state index contributed by atoms with van der Waals surface area (Å²) in [5.74, 6) is 0. The fourth-order valence-electron chi connectivity index (χ4n) is 1.04. The number of rotatable bonds is 2. The van der Waals surface area contributed by atoms with E-state index in [-0.39, 0.29) is 0 Å². The predicted octanol–water partition coefficient (Wildman–Crippen LogP) is -1.34. The molecular formula is C6H11BN2O2. The standard InChI is InChI=1S/C6H11BN2O2/c1-3-6-5(7(10)11)4-9(2)8-6/h4,10-11H,3H2,1-2H3. The molecule has 0 unspecified atom stereocenters. The van der Waals surface area contributed by atoms with Gasteiger partial charge in [-0.05, 0) is 6.42 Å². The molecule has 60 valence electrons. The Labute approximate surface area is 65.6 Å². The first-order chi connectivity index (χ1) is 5.15. The van der Waals surface area contributed by atoms with E-state index in [0.29, 0.717) is 11.9 Å². The van der Waals surface area contributed by atoms with Crippen LogP contribution >= 0.6 is 0 Å². The monoisotopic (exact) mass is 154 g/mol. The third-order valence-electron chi connectivity index (χ3n) is 1.55. The normalized spacial score (nSPS) is 10.2. The van der Waals surface area contributed by atoms with Gasteiger partial charge >= 0.3 is 7.12 Å². The molecule has 5 heteroatoms. The molecule has 0 aromatic carbocycles. The van der Waals surface area contributed by atoms with Crippen molar-refractivity contribution >= 4 is 12.6 Å². The second kappa shape index (κ2) is 3.06. The fourth-order valence-corrected chi connectivity index (χ4v) is 1.04. The minimum Gasteiger partial charge on any atom is -0.423 e. The Morgan fingerprint density at radius 1 is 1.64 bits per heavy atom. The number of hydrogen-bond donors (Lipinski definition) is 2. The Morgan fingerprint density at radius 2 is 2.27 bits per heavy atom. The maximum atomic E-state index is 8.85. The summed E-state index contributed by atoms with van der Waals surface area (Å²) < 4.78 is 1.58. The molecule has 1 aromatic rings. The van der Waals surface area contributed by atoms with Gasteiger partial charge in [0, 0.05) is 18.7 Å². The summed E-state index contributed by atoms with van der Waals surface area (Å²) in [5.41, 5.74) is 1.23. The lowest BCUT2D eigenvalue weighted by Gasteiger charge is -1.94. The third-order valence-corrected chi connectivity index (χ3v) is 1.55. The largest absolute Gasteiger partial charge is 0.491 e. The number of aryl methyl sites for hydroxylation is 2. The molecule has 0 aliphatic carbocycles. The van der Waals surface area contributed by atoms with Gasteiger partial charge in [0.15, 0.2) is 0 Å². The minimum atomic E-state index is -1.40. The topological polar surface area (TPSA) is 58.3 Å². The van der Waals surface area contributed by atoms with E-state index in [9.17, 15) is 0 Å². The van der Waals surface area contributed by atoms with Gasteiger partial charge in [0.05, 0.1) is 5.69 Å². The summed E-state index contributed by atoms with van der Waals surface area (Å²) in [4.78, 5) is 0. The minimum absolute atomic E-state index is 0.495. The van der Waals surface area contributed by atoms with Crippen molar-refractivity contribution in [2.75, 3.05) is 0 Å². The molecule has 0 saturated carbocycles. The van der Waals surface area contributed by atoms with Crippen LogP contribution in [0.5, 0.6) is 0 Å². The molecule has 0 saturated heterocycles. The van der Waals surface area contributed by atoms with E-state index in [1.165, 1.54) is 0 Å². The summed E-state index contributed by atoms with van der Waals surface area (Å²) in [6.45, 7) is 1.92. The van der Waals surface area contributed by atoms with Gasteiger partial charge in [-0.25, -0.2) is 0 Å². The quantitative estimate of drug-likeness (QED) is 0.518. The molecule has 1 heterocycles. The number of hydrogen-bond acceptors (Lipinski definition) is 3. The lowest BCUT2D eigenvalue weighted by molar-refractivity contribution is 0.425. The molecule has 2 N–H and O–H groups in total. The molecule has 0 fully saturated rings. The van der Waals surface area contributed by atoms with Crippen molar-refractivity contribution in [3.63, 3.8) is 0 Å². The Hall–Kier alpha value is -0.805. The third kappa shape index (κ3) is 1.61. The number of aromatic nitrogens is 2. The maximum Gasteiger partial charge on any atom is 0.491 e. The zero-order valence-electron chi connectivity index (χ0n) is 6.65. The Morgan fingerprint density at radius 3 is 2.64 bits per heavy atom. The van der Waals surface area contributed by atoms with Gasteiger partial charge in [0.2, 0.25) is 0 Å². The second-order valence-corrected chi connectivity index (χ2v) is 2.43. The molecule has 0 aliphatic rings. The molecule has 1 aromatic heterocycles. The summed E-state index contributed by atoms with van der Waals surface area (Å²) in [6, 6.07) is 0. The van der Waals surface area contributed by atoms with Crippen LogP contribution in [-0.2, 0) is 13.5 Å². The summed E-state index contributed by atoms with van der Waals surface area (Å²) in [7, 11) is 0.351. The molecule has 1 rings (SSSR count). The molecule has 11 heavy (non-hydrogen) atoms. The molecule has 0 radical (unpaired) electrons. The van der Waals surface area contributed by atoms with Crippen LogP contribution in [-0.4, -0.2) is 26.9 Å². The molecule has 0 aliphatic heterocycles. The van der Waals surface area contributed by atoms with E-state index >= 15 is 0 Å². The van der Waals surface area contributed by atoms with Gasteiger partial charge in [-0.15, -0.1) is 0 Å². The first-order valence-electron chi connectivity index (χ1n) is 3.53. The average Bonchev–Trinajstić information content (AvgIpc) is 2.30. The van der Waals surface area contributed by atoms with Crippen LogP contribution in [0, 0.1) is 0 Å². The highest BCUT2D eigenvalue weighted by atomic mass is 16.4. The van der Waals surface area contributed by atoms with E-state index in [1.807, 2.05) is 6.92 Å². The predicted molar refractivity (Wildman–Crippen MR) is 42.4 cm³/mol. The summed E-state index contributed by atoms with van der Waals surface area (Å²) in [5, 5.41) is 21.7. The van der Waals surface area contributed by atoms with Crippen molar-refractivity contribution in [1.29, 1.82) is 0 Å². The Bertz CT molecular complexity index is 247. The Balaban J connectivity index is 3.02. The first-order valence-corrected chi connectivity index (χ1v) is 3.53. The van der Waals surface area contributed by atoms with Crippen LogP contribution < -0.4 is 5.46 Å². The lowest BCUT2D eigenvalue weighted by atomic mass is 9.80. The molecule has 0 spiro atoms. The van der Waals surface area contributed by atoms with E-state index < -0.39 is 7.12 Å². The van der Waals surface area contributed by atoms with Crippen molar-refractivity contribution in [2.24, 2.45) is 7.05 Å². The average molecular weight is 154 g/mol. The van der Waals surface area contributed by atoms with Gasteiger partial charge in [-0.2, -0.15) is 5.10 Å². The smallest absolute Gasteiger partial charge is 0.423 e. The van der Waals surface area contributed by atoms with Crippen molar-refractivity contribution in [3.05, 3.63) is 11.9 Å². The molecule has 0 bridgehead atoms. The second-order valence-electron chi connectivity index (χ2n) is 2.43. The van der Waals surface area contributed by atoms with Gasteiger partial charge in [-0.3, -0.25) is 4.68 Å². The first kappa shape index (κ1) is 8.29. The van der Waals surface area contributed by atoms with Gasteiger partial charge in [0.1, 0.15) is 0 Å². The van der Waals surface area contributed by atoms with E-state index in [2.05, 4.69) is 5.10 Å². The van der Waals surface area contributed by atoms with Crippen LogP contribution in [0.25, 0.3) is 0 Å². The van der Waals surface area contributed by atoms with Crippen molar-refractivity contribution in [1.82, 2.24) is 9.78 Å². The highest BCUT2D eigenvalue weighted by Gasteiger charge is 2.17.